The third-order valence-electron chi connectivity index (χ3n) is 4.77. The molecule has 1 aliphatic heterocycles. The molecule has 0 saturated heterocycles. The van der Waals surface area contributed by atoms with Crippen LogP contribution < -0.4 is 10.9 Å². The highest BCUT2D eigenvalue weighted by atomic mass is 32.1. The van der Waals surface area contributed by atoms with Gasteiger partial charge in [0.25, 0.3) is 5.56 Å². The van der Waals surface area contributed by atoms with Crippen LogP contribution >= 0.6 is 11.3 Å². The molecule has 7 heteroatoms. The lowest BCUT2D eigenvalue weighted by molar-refractivity contribution is -0.0219. The summed E-state index contributed by atoms with van der Waals surface area (Å²) in [5, 5.41) is 3.74. The van der Waals surface area contributed by atoms with Crippen LogP contribution in [0.4, 0.5) is 4.39 Å². The first kappa shape index (κ1) is 16.6. The molecule has 27 heavy (non-hydrogen) atoms. The number of ether oxygens (including phenoxy) is 1. The van der Waals surface area contributed by atoms with E-state index in [0.29, 0.717) is 34.5 Å². The van der Waals surface area contributed by atoms with Gasteiger partial charge in [-0.05, 0) is 17.7 Å². The van der Waals surface area contributed by atoms with Gasteiger partial charge in [-0.15, -0.1) is 11.3 Å². The Hall–Kier alpha value is -2.61. The summed E-state index contributed by atoms with van der Waals surface area (Å²) in [5.74, 6) is 0.183. The molecule has 1 atom stereocenters. The SMILES string of the molecule is O=c1c2sc3cccc(F)c3c2nc2n1C[C@H](NCc1ccccc1)OC2. The number of fused-ring (bicyclic) bond motifs is 4. The fourth-order valence-electron chi connectivity index (χ4n) is 3.42. The second-order valence-corrected chi connectivity index (χ2v) is 7.55. The van der Waals surface area contributed by atoms with Crippen LogP contribution in [-0.4, -0.2) is 15.8 Å². The molecule has 1 N–H and O–H groups in total. The summed E-state index contributed by atoms with van der Waals surface area (Å²) in [5.41, 5.74) is 1.45. The lowest BCUT2D eigenvalue weighted by Gasteiger charge is -2.26. The molecule has 3 heterocycles. The number of nitrogens with one attached hydrogen (secondary N) is 1. The Balaban J connectivity index is 1.49. The second-order valence-electron chi connectivity index (χ2n) is 6.50. The third-order valence-corrected chi connectivity index (χ3v) is 5.90. The van der Waals surface area contributed by atoms with Gasteiger partial charge in [-0.25, -0.2) is 9.37 Å². The summed E-state index contributed by atoms with van der Waals surface area (Å²) in [4.78, 5) is 17.6. The van der Waals surface area contributed by atoms with Crippen LogP contribution in [0.15, 0.2) is 53.3 Å². The molecule has 0 spiro atoms. The molecule has 5 nitrogen and oxygen atoms in total. The molecular formula is C20H16FN3O2S. The summed E-state index contributed by atoms with van der Waals surface area (Å²) in [7, 11) is 0. The van der Waals surface area contributed by atoms with Crippen LogP contribution in [0.3, 0.4) is 0 Å². The highest BCUT2D eigenvalue weighted by Gasteiger charge is 2.24. The standard InChI is InChI=1S/C20H16FN3O2S/c21-13-7-4-8-14-17(13)18-19(27-14)20(25)24-10-16(26-11-15(24)23-18)22-9-12-5-2-1-3-6-12/h1-8,16,22H,9-11H2/t16-/m1/s1. The van der Waals surface area contributed by atoms with Crippen LogP contribution in [-0.2, 0) is 24.4 Å². The van der Waals surface area contributed by atoms with Gasteiger partial charge in [-0.2, -0.15) is 0 Å². The van der Waals surface area contributed by atoms with Crippen molar-refractivity contribution < 1.29 is 9.13 Å². The van der Waals surface area contributed by atoms with Crippen LogP contribution in [0.25, 0.3) is 20.3 Å². The van der Waals surface area contributed by atoms with Crippen molar-refractivity contribution in [3.63, 3.8) is 0 Å². The summed E-state index contributed by atoms with van der Waals surface area (Å²) in [6.45, 7) is 1.24. The number of nitrogens with zero attached hydrogens (tertiary/aromatic N) is 2. The van der Waals surface area contributed by atoms with Gasteiger partial charge in [0.15, 0.2) is 0 Å². The summed E-state index contributed by atoms with van der Waals surface area (Å²) in [6.07, 6.45) is -0.277. The molecule has 5 rings (SSSR count). The Kier molecular flexibility index (Phi) is 4.00. The monoisotopic (exact) mass is 381 g/mol. The number of benzene rings is 2. The normalized spacial score (nSPS) is 16.7. The maximum atomic E-state index is 14.3. The second kappa shape index (κ2) is 6.53. The Bertz CT molecular complexity index is 1200. The largest absolute Gasteiger partial charge is 0.354 e. The molecule has 2 aromatic heterocycles. The van der Waals surface area contributed by atoms with Gasteiger partial charge in [0.05, 0.1) is 17.4 Å². The van der Waals surface area contributed by atoms with Gasteiger partial charge in [-0.1, -0.05) is 36.4 Å². The van der Waals surface area contributed by atoms with Gasteiger partial charge in [-0.3, -0.25) is 14.7 Å². The number of hydrogen-bond donors (Lipinski definition) is 1. The minimum absolute atomic E-state index is 0.134. The van der Waals surface area contributed by atoms with E-state index in [1.807, 2.05) is 36.4 Å². The topological polar surface area (TPSA) is 56.2 Å². The van der Waals surface area contributed by atoms with Gasteiger partial charge in [0.2, 0.25) is 0 Å². The lowest BCUT2D eigenvalue weighted by Crippen LogP contribution is -2.43. The van der Waals surface area contributed by atoms with Crippen LogP contribution in [0, 0.1) is 5.82 Å². The first-order chi connectivity index (χ1) is 13.2. The first-order valence-electron chi connectivity index (χ1n) is 8.70. The van der Waals surface area contributed by atoms with Gasteiger partial charge >= 0.3 is 0 Å². The van der Waals surface area contributed by atoms with E-state index in [1.165, 1.54) is 17.4 Å². The minimum Gasteiger partial charge on any atom is -0.354 e. The highest BCUT2D eigenvalue weighted by molar-refractivity contribution is 7.25. The maximum absolute atomic E-state index is 14.3. The van der Waals surface area contributed by atoms with E-state index in [2.05, 4.69) is 10.3 Å². The number of aromatic nitrogens is 2. The Labute approximate surface area is 158 Å². The zero-order chi connectivity index (χ0) is 18.4. The maximum Gasteiger partial charge on any atom is 0.271 e. The number of hydrogen-bond acceptors (Lipinski definition) is 5. The quantitative estimate of drug-likeness (QED) is 0.591. The summed E-state index contributed by atoms with van der Waals surface area (Å²) >= 11 is 1.29. The van der Waals surface area contributed by atoms with E-state index >= 15 is 0 Å². The first-order valence-corrected chi connectivity index (χ1v) is 9.52. The van der Waals surface area contributed by atoms with Crippen LogP contribution in [0.2, 0.25) is 0 Å². The van der Waals surface area contributed by atoms with Crippen molar-refractivity contribution >= 4 is 31.6 Å². The minimum atomic E-state index is -0.352. The van der Waals surface area contributed by atoms with Gasteiger partial charge < -0.3 is 4.74 Å². The van der Waals surface area contributed by atoms with Crippen molar-refractivity contribution in [3.05, 3.63) is 76.1 Å². The molecule has 2 aromatic carbocycles. The molecule has 136 valence electrons. The van der Waals surface area contributed by atoms with E-state index < -0.39 is 0 Å². The molecule has 0 radical (unpaired) electrons. The van der Waals surface area contributed by atoms with Crippen LogP contribution in [0.5, 0.6) is 0 Å². The lowest BCUT2D eigenvalue weighted by atomic mass is 10.2. The predicted molar refractivity (Wildman–Crippen MR) is 103 cm³/mol. The van der Waals surface area contributed by atoms with Crippen molar-refractivity contribution in [2.45, 2.75) is 25.9 Å². The molecular weight excluding hydrogens is 365 g/mol. The van der Waals surface area contributed by atoms with E-state index in [9.17, 15) is 9.18 Å². The molecule has 0 aliphatic carbocycles. The molecule has 0 amide bonds. The number of rotatable bonds is 3. The Morgan fingerprint density at radius 2 is 2.07 bits per heavy atom. The fourth-order valence-corrected chi connectivity index (χ4v) is 4.52. The van der Waals surface area contributed by atoms with E-state index in [4.69, 9.17) is 4.74 Å². The van der Waals surface area contributed by atoms with Crippen molar-refractivity contribution in [2.75, 3.05) is 0 Å². The third kappa shape index (κ3) is 2.84. The summed E-state index contributed by atoms with van der Waals surface area (Å²) < 4.78 is 22.9. The molecule has 4 aromatic rings. The highest BCUT2D eigenvalue weighted by Crippen LogP contribution is 2.32. The van der Waals surface area contributed by atoms with E-state index in [0.717, 1.165) is 10.3 Å². The number of halogens is 1. The Morgan fingerprint density at radius 1 is 1.22 bits per heavy atom. The average Bonchev–Trinajstić information content (AvgIpc) is 3.08. The molecule has 0 fully saturated rings. The molecule has 0 unspecified atom stereocenters. The number of thiophene rings is 1. The zero-order valence-electron chi connectivity index (χ0n) is 14.3. The fraction of sp³-hybridized carbons (Fsp3) is 0.200. The predicted octanol–water partition coefficient (Wildman–Crippen LogP) is 3.40. The van der Waals surface area contributed by atoms with Gasteiger partial charge in [0, 0.05) is 11.2 Å². The van der Waals surface area contributed by atoms with Crippen molar-refractivity contribution in [3.8, 4) is 0 Å². The Morgan fingerprint density at radius 3 is 2.93 bits per heavy atom. The molecule has 0 bridgehead atoms. The van der Waals surface area contributed by atoms with Crippen molar-refractivity contribution in [1.82, 2.24) is 14.9 Å². The molecule has 0 saturated carbocycles. The smallest absolute Gasteiger partial charge is 0.271 e. The molecule has 1 aliphatic rings. The summed E-state index contributed by atoms with van der Waals surface area (Å²) in [6, 6.07) is 14.9. The van der Waals surface area contributed by atoms with E-state index in [-0.39, 0.29) is 24.2 Å². The van der Waals surface area contributed by atoms with Gasteiger partial charge in [0.1, 0.15) is 29.2 Å². The van der Waals surface area contributed by atoms with Crippen molar-refractivity contribution in [1.29, 1.82) is 0 Å². The zero-order valence-corrected chi connectivity index (χ0v) is 15.1. The van der Waals surface area contributed by atoms with E-state index in [1.54, 1.807) is 10.6 Å². The van der Waals surface area contributed by atoms with Crippen LogP contribution in [0.1, 0.15) is 11.4 Å². The van der Waals surface area contributed by atoms with Crippen molar-refractivity contribution in [2.24, 2.45) is 0 Å². The average molecular weight is 381 g/mol.